The van der Waals surface area contributed by atoms with Gasteiger partial charge in [-0.2, -0.15) is 13.2 Å². The maximum absolute atomic E-state index is 12.2. The minimum atomic E-state index is -4.12. The highest BCUT2D eigenvalue weighted by Gasteiger charge is 2.30. The lowest BCUT2D eigenvalue weighted by Crippen LogP contribution is -2.31. The summed E-state index contributed by atoms with van der Waals surface area (Å²) >= 11 is 0. The number of carbonyl (C=O) groups is 1. The molecule has 0 saturated carbocycles. The molecule has 1 N–H and O–H groups in total. The number of benzene rings is 1. The van der Waals surface area contributed by atoms with Gasteiger partial charge in [-0.25, -0.2) is 0 Å². The number of para-hydroxylation sites is 1. The van der Waals surface area contributed by atoms with Crippen molar-refractivity contribution < 1.29 is 22.4 Å². The van der Waals surface area contributed by atoms with E-state index in [0.717, 1.165) is 11.8 Å². The zero-order valence-electron chi connectivity index (χ0n) is 13.1. The van der Waals surface area contributed by atoms with Crippen LogP contribution < -0.4 is 5.32 Å². The summed E-state index contributed by atoms with van der Waals surface area (Å²) in [5.41, 5.74) is 0.654. The summed E-state index contributed by atoms with van der Waals surface area (Å²) in [5, 5.41) is 3.68. The largest absolute Gasteiger partial charge is 0.451 e. The Kier molecular flexibility index (Phi) is 4.80. The summed E-state index contributed by atoms with van der Waals surface area (Å²) in [6.07, 6.45) is -4.11. The number of likely N-dealkylation sites (tertiary alicyclic amines) is 1. The lowest BCUT2D eigenvalue weighted by atomic mass is 10.1. The Morgan fingerprint density at radius 2 is 2.12 bits per heavy atom. The molecule has 1 aromatic heterocycles. The van der Waals surface area contributed by atoms with E-state index in [2.05, 4.69) is 5.32 Å². The molecule has 1 aromatic carbocycles. The highest BCUT2D eigenvalue weighted by Crippen LogP contribution is 2.23. The van der Waals surface area contributed by atoms with Crippen LogP contribution in [0.25, 0.3) is 11.0 Å². The van der Waals surface area contributed by atoms with Crippen molar-refractivity contribution >= 4 is 16.9 Å². The van der Waals surface area contributed by atoms with Gasteiger partial charge in [0.25, 0.3) is 5.91 Å². The highest BCUT2D eigenvalue weighted by atomic mass is 19.4. The molecule has 1 atom stereocenters. The molecular weight excluding hydrogens is 321 g/mol. The fraction of sp³-hybridized carbons (Fsp3) is 0.471. The minimum absolute atomic E-state index is 0.0253. The van der Waals surface area contributed by atoms with E-state index < -0.39 is 12.6 Å². The Hall–Kier alpha value is -2.02. The van der Waals surface area contributed by atoms with Gasteiger partial charge in [-0.1, -0.05) is 18.2 Å². The molecule has 2 heterocycles. The summed E-state index contributed by atoms with van der Waals surface area (Å²) in [5.74, 6) is 0.134. The van der Waals surface area contributed by atoms with Crippen LogP contribution in [0.1, 0.15) is 23.4 Å². The average Bonchev–Trinajstić information content (AvgIpc) is 3.16. The second-order valence-corrected chi connectivity index (χ2v) is 6.18. The molecule has 24 heavy (non-hydrogen) atoms. The van der Waals surface area contributed by atoms with Crippen molar-refractivity contribution in [2.24, 2.45) is 5.92 Å². The summed E-state index contributed by atoms with van der Waals surface area (Å²) in [6, 6.07) is 9.05. The third kappa shape index (κ3) is 4.29. The average molecular weight is 340 g/mol. The maximum Gasteiger partial charge on any atom is 0.390 e. The number of carbonyl (C=O) groups excluding carboxylic acids is 1. The van der Waals surface area contributed by atoms with E-state index in [1.54, 1.807) is 17.0 Å². The Morgan fingerprint density at radius 1 is 1.33 bits per heavy atom. The lowest BCUT2D eigenvalue weighted by molar-refractivity contribution is -0.137. The van der Waals surface area contributed by atoms with Crippen LogP contribution in [0.2, 0.25) is 0 Å². The highest BCUT2D eigenvalue weighted by molar-refractivity contribution is 5.96. The first kappa shape index (κ1) is 16.8. The maximum atomic E-state index is 12.2. The normalized spacial score (nSPS) is 19.0. The molecule has 3 rings (SSSR count). The molecule has 0 bridgehead atoms. The number of nitrogens with zero attached hydrogens (tertiary/aromatic N) is 1. The smallest absolute Gasteiger partial charge is 0.390 e. The number of amides is 1. The van der Waals surface area contributed by atoms with Crippen LogP contribution in [0.5, 0.6) is 0 Å². The van der Waals surface area contributed by atoms with Gasteiger partial charge in [0, 0.05) is 25.0 Å². The first-order chi connectivity index (χ1) is 11.4. The van der Waals surface area contributed by atoms with E-state index >= 15 is 0 Å². The Labute approximate surface area is 137 Å². The number of rotatable bonds is 5. The summed E-state index contributed by atoms with van der Waals surface area (Å²) < 4.78 is 42.2. The fourth-order valence-electron chi connectivity index (χ4n) is 2.99. The summed E-state index contributed by atoms with van der Waals surface area (Å²) in [4.78, 5) is 13.9. The third-order valence-electron chi connectivity index (χ3n) is 4.28. The number of hydrogen-bond acceptors (Lipinski definition) is 3. The lowest BCUT2D eigenvalue weighted by Gasteiger charge is -2.17. The van der Waals surface area contributed by atoms with Gasteiger partial charge in [-0.3, -0.25) is 4.79 Å². The fourth-order valence-corrected chi connectivity index (χ4v) is 2.99. The van der Waals surface area contributed by atoms with E-state index in [1.165, 1.54) is 0 Å². The van der Waals surface area contributed by atoms with E-state index in [0.29, 0.717) is 25.2 Å². The first-order valence-corrected chi connectivity index (χ1v) is 7.96. The van der Waals surface area contributed by atoms with E-state index in [4.69, 9.17) is 4.42 Å². The van der Waals surface area contributed by atoms with Gasteiger partial charge >= 0.3 is 6.18 Å². The van der Waals surface area contributed by atoms with Crippen molar-refractivity contribution in [1.82, 2.24) is 10.2 Å². The second kappa shape index (κ2) is 6.84. The van der Waals surface area contributed by atoms with Gasteiger partial charge in [0.2, 0.25) is 0 Å². The molecule has 130 valence electrons. The topological polar surface area (TPSA) is 45.5 Å². The molecule has 1 amide bonds. The van der Waals surface area contributed by atoms with Crippen molar-refractivity contribution in [2.75, 3.05) is 26.2 Å². The summed E-state index contributed by atoms with van der Waals surface area (Å²) in [7, 11) is 0. The molecule has 2 aromatic rings. The Morgan fingerprint density at radius 3 is 2.88 bits per heavy atom. The minimum Gasteiger partial charge on any atom is -0.451 e. The standard InChI is InChI=1S/C17H19F3N2O2/c18-17(19,20)6-8-22-7-5-12(11-22)10-21-16(23)15-9-13-3-1-2-4-14(13)24-15/h1-4,9,12H,5-8,10-11H2,(H,21,23)/t12-/m1/s1. The van der Waals surface area contributed by atoms with Crippen molar-refractivity contribution in [3.63, 3.8) is 0 Å². The number of fused-ring (bicyclic) bond motifs is 1. The quantitative estimate of drug-likeness (QED) is 0.907. The Balaban J connectivity index is 1.47. The molecule has 1 fully saturated rings. The van der Waals surface area contributed by atoms with Crippen LogP contribution in [0.4, 0.5) is 13.2 Å². The summed E-state index contributed by atoms with van der Waals surface area (Å²) in [6.45, 7) is 1.69. The zero-order chi connectivity index (χ0) is 17.2. The molecule has 0 aliphatic carbocycles. The zero-order valence-corrected chi connectivity index (χ0v) is 13.1. The molecule has 0 radical (unpaired) electrons. The van der Waals surface area contributed by atoms with E-state index in [1.807, 2.05) is 18.2 Å². The van der Waals surface area contributed by atoms with Crippen LogP contribution in [0.3, 0.4) is 0 Å². The number of hydrogen-bond donors (Lipinski definition) is 1. The van der Waals surface area contributed by atoms with E-state index in [-0.39, 0.29) is 24.1 Å². The van der Waals surface area contributed by atoms with Crippen LogP contribution in [-0.2, 0) is 0 Å². The third-order valence-corrected chi connectivity index (χ3v) is 4.28. The number of nitrogens with one attached hydrogen (secondary N) is 1. The predicted molar refractivity (Wildman–Crippen MR) is 83.8 cm³/mol. The second-order valence-electron chi connectivity index (χ2n) is 6.18. The molecular formula is C17H19F3N2O2. The molecule has 1 saturated heterocycles. The monoisotopic (exact) mass is 340 g/mol. The van der Waals surface area contributed by atoms with Crippen LogP contribution >= 0.6 is 0 Å². The number of furan rings is 1. The van der Waals surface area contributed by atoms with Crippen molar-refractivity contribution in [1.29, 1.82) is 0 Å². The van der Waals surface area contributed by atoms with E-state index in [9.17, 15) is 18.0 Å². The van der Waals surface area contributed by atoms with Gasteiger partial charge in [0.1, 0.15) is 5.58 Å². The van der Waals surface area contributed by atoms with Crippen LogP contribution in [-0.4, -0.2) is 43.2 Å². The molecule has 1 aliphatic heterocycles. The van der Waals surface area contributed by atoms with Gasteiger partial charge in [-0.05, 0) is 31.0 Å². The van der Waals surface area contributed by atoms with Gasteiger partial charge in [0.05, 0.1) is 6.42 Å². The van der Waals surface area contributed by atoms with Crippen molar-refractivity contribution in [2.45, 2.75) is 19.0 Å². The molecule has 0 spiro atoms. The van der Waals surface area contributed by atoms with Gasteiger partial charge < -0.3 is 14.6 Å². The molecule has 7 heteroatoms. The molecule has 0 unspecified atom stereocenters. The first-order valence-electron chi connectivity index (χ1n) is 7.96. The number of halogens is 3. The SMILES string of the molecule is O=C(NC[C@H]1CCN(CCC(F)(F)F)C1)c1cc2ccccc2o1. The van der Waals surface area contributed by atoms with Crippen LogP contribution in [0.15, 0.2) is 34.7 Å². The predicted octanol–water partition coefficient (Wildman–Crippen LogP) is 3.44. The van der Waals surface area contributed by atoms with Gasteiger partial charge in [0.15, 0.2) is 5.76 Å². The van der Waals surface area contributed by atoms with Crippen molar-refractivity contribution in [3.8, 4) is 0 Å². The number of alkyl halides is 3. The Bertz CT molecular complexity index is 678. The van der Waals surface area contributed by atoms with Crippen LogP contribution in [0, 0.1) is 5.92 Å². The van der Waals surface area contributed by atoms with Crippen molar-refractivity contribution in [3.05, 3.63) is 36.1 Å². The molecule has 4 nitrogen and oxygen atoms in total. The van der Waals surface area contributed by atoms with Gasteiger partial charge in [-0.15, -0.1) is 0 Å². The molecule has 1 aliphatic rings.